The molecule has 0 saturated heterocycles. The molecule has 0 saturated carbocycles. The Hall–Kier alpha value is -2.08. The fourth-order valence-electron chi connectivity index (χ4n) is 1.47. The van der Waals surface area contributed by atoms with Crippen LogP contribution in [0.15, 0.2) is 23.3 Å². The highest BCUT2D eigenvalue weighted by atomic mass is 16.5. The fraction of sp³-hybridized carbons (Fsp3) is 0.364. The van der Waals surface area contributed by atoms with Crippen molar-refractivity contribution < 1.29 is 19.7 Å². The molecule has 0 bridgehead atoms. The van der Waals surface area contributed by atoms with Crippen LogP contribution in [0.4, 0.5) is 0 Å². The number of carbonyl (C=O) groups excluding carboxylic acids is 1. The van der Waals surface area contributed by atoms with Crippen LogP contribution in [-0.4, -0.2) is 36.3 Å². The number of benzene rings is 1. The lowest BCUT2D eigenvalue weighted by molar-refractivity contribution is 0.0239. The van der Waals surface area contributed by atoms with E-state index in [0.717, 1.165) is 0 Å². The second kappa shape index (κ2) is 6.61. The van der Waals surface area contributed by atoms with E-state index in [-0.39, 0.29) is 17.7 Å². The van der Waals surface area contributed by atoms with Crippen LogP contribution in [0.5, 0.6) is 5.75 Å². The lowest BCUT2D eigenvalue weighted by Crippen LogP contribution is -2.22. The highest BCUT2D eigenvalue weighted by Gasteiger charge is 2.21. The molecular weight excluding hydrogens is 238 g/mol. The van der Waals surface area contributed by atoms with E-state index in [4.69, 9.17) is 10.3 Å². The summed E-state index contributed by atoms with van der Waals surface area (Å²) in [6.07, 6.45) is -2.05. The minimum Gasteiger partial charge on any atom is -0.497 e. The van der Waals surface area contributed by atoms with Crippen LogP contribution < -0.4 is 4.74 Å². The van der Waals surface area contributed by atoms with Gasteiger partial charge in [-0.15, -0.1) is 0 Å². The second-order valence-electron chi connectivity index (χ2n) is 3.54. The van der Waals surface area contributed by atoms with Gasteiger partial charge in [-0.2, -0.15) is 0 Å². The second-order valence-corrected chi connectivity index (χ2v) is 3.54. The Balaban J connectivity index is 3.04. The number of hydrogen-bond donors (Lipinski definition) is 2. The van der Waals surface area contributed by atoms with E-state index in [9.17, 15) is 15.0 Å². The van der Waals surface area contributed by atoms with Gasteiger partial charge in [-0.1, -0.05) is 5.11 Å². The molecule has 0 aliphatic heterocycles. The van der Waals surface area contributed by atoms with Crippen LogP contribution in [0.25, 0.3) is 10.4 Å². The third-order valence-electron chi connectivity index (χ3n) is 2.44. The zero-order valence-electron chi connectivity index (χ0n) is 9.72. The van der Waals surface area contributed by atoms with Crippen molar-refractivity contribution in [1.82, 2.24) is 0 Å². The van der Waals surface area contributed by atoms with Gasteiger partial charge < -0.3 is 14.9 Å². The predicted octanol–water partition coefficient (Wildman–Crippen LogP) is 1.21. The number of aldehydes is 1. The van der Waals surface area contributed by atoms with Crippen molar-refractivity contribution >= 4 is 6.29 Å². The summed E-state index contributed by atoms with van der Waals surface area (Å²) in [7, 11) is 1.45. The summed E-state index contributed by atoms with van der Waals surface area (Å²) in [5, 5.41) is 22.7. The molecule has 2 N–H and O–H groups in total. The number of azide groups is 1. The number of aliphatic hydroxyl groups is 2. The number of aliphatic hydroxyl groups excluding tert-OH is 2. The first-order valence-electron chi connectivity index (χ1n) is 5.14. The summed E-state index contributed by atoms with van der Waals surface area (Å²) in [6, 6.07) is 4.50. The molecule has 1 aromatic rings. The third kappa shape index (κ3) is 3.21. The average Bonchev–Trinajstić information content (AvgIpc) is 2.43. The SMILES string of the molecule is COc1ccc(C=O)c(C(O)C(O)CN=[N+]=[N-])c1. The molecule has 1 rings (SSSR count). The molecule has 0 amide bonds. The molecule has 0 aliphatic carbocycles. The first kappa shape index (κ1) is 14.0. The van der Waals surface area contributed by atoms with Crippen LogP contribution in [0.2, 0.25) is 0 Å². The molecule has 96 valence electrons. The summed E-state index contributed by atoms with van der Waals surface area (Å²) < 4.78 is 4.97. The van der Waals surface area contributed by atoms with E-state index in [1.54, 1.807) is 6.07 Å². The van der Waals surface area contributed by atoms with Crippen molar-refractivity contribution in [3.63, 3.8) is 0 Å². The molecule has 0 aliphatic rings. The van der Waals surface area contributed by atoms with Gasteiger partial charge in [0.15, 0.2) is 0 Å². The maximum absolute atomic E-state index is 10.9. The van der Waals surface area contributed by atoms with Crippen molar-refractivity contribution in [3.8, 4) is 5.75 Å². The Bertz CT molecular complexity index is 471. The summed E-state index contributed by atoms with van der Waals surface area (Å²) in [5.74, 6) is 0.450. The Labute approximate surface area is 103 Å². The van der Waals surface area contributed by atoms with Gasteiger partial charge in [-0.3, -0.25) is 4.79 Å². The van der Waals surface area contributed by atoms with Crippen LogP contribution in [-0.2, 0) is 0 Å². The highest BCUT2D eigenvalue weighted by molar-refractivity contribution is 5.78. The Kier molecular flexibility index (Phi) is 5.13. The maximum atomic E-state index is 10.9. The number of hydrogen-bond acceptors (Lipinski definition) is 5. The van der Waals surface area contributed by atoms with E-state index in [1.165, 1.54) is 19.2 Å². The molecule has 2 atom stereocenters. The molecule has 0 fully saturated rings. The molecule has 7 heteroatoms. The molecule has 0 radical (unpaired) electrons. The van der Waals surface area contributed by atoms with E-state index in [2.05, 4.69) is 10.0 Å². The molecule has 0 aromatic heterocycles. The van der Waals surface area contributed by atoms with Gasteiger partial charge in [-0.25, -0.2) is 0 Å². The van der Waals surface area contributed by atoms with Crippen LogP contribution in [0, 0.1) is 0 Å². The smallest absolute Gasteiger partial charge is 0.150 e. The van der Waals surface area contributed by atoms with Crippen molar-refractivity contribution in [2.45, 2.75) is 12.2 Å². The number of methoxy groups -OCH3 is 1. The minimum atomic E-state index is -1.33. The lowest BCUT2D eigenvalue weighted by Gasteiger charge is -2.18. The lowest BCUT2D eigenvalue weighted by atomic mass is 9.99. The molecule has 18 heavy (non-hydrogen) atoms. The van der Waals surface area contributed by atoms with Crippen molar-refractivity contribution in [2.75, 3.05) is 13.7 Å². The fourth-order valence-corrected chi connectivity index (χ4v) is 1.47. The summed E-state index contributed by atoms with van der Waals surface area (Å²) in [4.78, 5) is 13.3. The molecule has 2 unspecified atom stereocenters. The molecule has 0 heterocycles. The normalized spacial score (nSPS) is 13.3. The minimum absolute atomic E-state index is 0.227. The van der Waals surface area contributed by atoms with Crippen LogP contribution >= 0.6 is 0 Å². The summed E-state index contributed by atoms with van der Waals surface area (Å²) >= 11 is 0. The zero-order chi connectivity index (χ0) is 13.5. The molecule has 0 spiro atoms. The van der Waals surface area contributed by atoms with Gasteiger partial charge in [0.25, 0.3) is 0 Å². The van der Waals surface area contributed by atoms with Gasteiger partial charge >= 0.3 is 0 Å². The van der Waals surface area contributed by atoms with E-state index in [1.807, 2.05) is 0 Å². The highest BCUT2D eigenvalue weighted by Crippen LogP contribution is 2.25. The van der Waals surface area contributed by atoms with Gasteiger partial charge in [0, 0.05) is 10.5 Å². The van der Waals surface area contributed by atoms with Crippen LogP contribution in [0.1, 0.15) is 22.0 Å². The standard InChI is InChI=1S/C11H13N3O4/c1-18-8-3-2-7(6-15)9(4-8)11(17)10(16)5-13-14-12/h2-4,6,10-11,16-17H,5H2,1H3. The largest absolute Gasteiger partial charge is 0.497 e. The predicted molar refractivity (Wildman–Crippen MR) is 63.4 cm³/mol. The Morgan fingerprint density at radius 1 is 1.56 bits per heavy atom. The monoisotopic (exact) mass is 251 g/mol. The topological polar surface area (TPSA) is 116 Å². The van der Waals surface area contributed by atoms with Gasteiger partial charge in [0.05, 0.1) is 19.8 Å². The van der Waals surface area contributed by atoms with Crippen molar-refractivity contribution in [3.05, 3.63) is 39.8 Å². The van der Waals surface area contributed by atoms with Gasteiger partial charge in [0.1, 0.15) is 18.1 Å². The Morgan fingerprint density at radius 2 is 2.28 bits per heavy atom. The van der Waals surface area contributed by atoms with Crippen molar-refractivity contribution in [2.24, 2.45) is 5.11 Å². The first-order valence-corrected chi connectivity index (χ1v) is 5.14. The van der Waals surface area contributed by atoms with E-state index in [0.29, 0.717) is 12.0 Å². The molecule has 1 aromatic carbocycles. The number of rotatable bonds is 6. The molecular formula is C11H13N3O4. The van der Waals surface area contributed by atoms with Gasteiger partial charge in [0.2, 0.25) is 0 Å². The summed E-state index contributed by atoms with van der Waals surface area (Å²) in [5.41, 5.74) is 8.61. The maximum Gasteiger partial charge on any atom is 0.150 e. The number of nitrogens with zero attached hydrogens (tertiary/aromatic N) is 3. The van der Waals surface area contributed by atoms with E-state index >= 15 is 0 Å². The number of carbonyl (C=O) groups is 1. The van der Waals surface area contributed by atoms with Crippen molar-refractivity contribution in [1.29, 1.82) is 0 Å². The third-order valence-corrected chi connectivity index (χ3v) is 2.44. The Morgan fingerprint density at radius 3 is 2.83 bits per heavy atom. The molecule has 7 nitrogen and oxygen atoms in total. The van der Waals surface area contributed by atoms with Crippen LogP contribution in [0.3, 0.4) is 0 Å². The van der Waals surface area contributed by atoms with Gasteiger partial charge in [-0.05, 0) is 29.3 Å². The number of ether oxygens (including phenoxy) is 1. The summed E-state index contributed by atoms with van der Waals surface area (Å²) in [6.45, 7) is -0.285. The average molecular weight is 251 g/mol. The zero-order valence-corrected chi connectivity index (χ0v) is 9.72. The quantitative estimate of drug-likeness (QED) is 0.342. The van der Waals surface area contributed by atoms with E-state index < -0.39 is 12.2 Å². The first-order chi connectivity index (χ1) is 8.63.